The van der Waals surface area contributed by atoms with Gasteiger partial charge in [-0.05, 0) is 29.8 Å². The molecule has 0 spiro atoms. The number of nitrogens with zero attached hydrogens (tertiary/aromatic N) is 5. The molecule has 1 aromatic heterocycles. The largest absolute Gasteiger partial charge is 0.352 e. The molecule has 3 aromatic carbocycles. The zero-order valence-electron chi connectivity index (χ0n) is 20.6. The Bertz CT molecular complexity index is 1310. The second-order valence-electron chi connectivity index (χ2n) is 9.02. The molecule has 5 rings (SSSR count). The predicted molar refractivity (Wildman–Crippen MR) is 144 cm³/mol. The summed E-state index contributed by atoms with van der Waals surface area (Å²) in [7, 11) is 0. The molecule has 7 nitrogen and oxygen atoms in total. The molecule has 2 amide bonds. The van der Waals surface area contributed by atoms with Crippen molar-refractivity contribution in [3.05, 3.63) is 114 Å². The Morgan fingerprint density at radius 2 is 1.32 bits per heavy atom. The zero-order chi connectivity index (χ0) is 25.5. The van der Waals surface area contributed by atoms with Crippen LogP contribution >= 0.6 is 0 Å². The van der Waals surface area contributed by atoms with Crippen LogP contribution in [0.1, 0.15) is 15.9 Å². The van der Waals surface area contributed by atoms with Gasteiger partial charge in [0.1, 0.15) is 6.54 Å². The Kier molecular flexibility index (Phi) is 7.50. The first-order chi connectivity index (χ1) is 18.2. The van der Waals surface area contributed by atoms with E-state index in [-0.39, 0.29) is 18.4 Å². The van der Waals surface area contributed by atoms with Gasteiger partial charge in [0.05, 0.1) is 5.69 Å². The van der Waals surface area contributed by atoms with Gasteiger partial charge in [-0.1, -0.05) is 78.9 Å². The highest BCUT2D eigenvalue weighted by Crippen LogP contribution is 2.19. The molecule has 0 saturated carbocycles. The number of piperazine rings is 1. The summed E-state index contributed by atoms with van der Waals surface area (Å²) in [6.45, 7) is 2.88. The molecule has 0 N–H and O–H groups in total. The summed E-state index contributed by atoms with van der Waals surface area (Å²) in [4.78, 5) is 32.1. The van der Waals surface area contributed by atoms with Crippen molar-refractivity contribution >= 4 is 17.6 Å². The van der Waals surface area contributed by atoms with Gasteiger partial charge in [0.25, 0.3) is 5.91 Å². The van der Waals surface area contributed by atoms with E-state index in [1.165, 1.54) is 0 Å². The lowest BCUT2D eigenvalue weighted by atomic mass is 10.1. The fourth-order valence-corrected chi connectivity index (χ4v) is 4.47. The fourth-order valence-electron chi connectivity index (χ4n) is 4.47. The summed E-state index contributed by atoms with van der Waals surface area (Å²) in [5, 5.41) is 8.81. The molecule has 4 aromatic rings. The van der Waals surface area contributed by atoms with Crippen molar-refractivity contribution < 1.29 is 9.59 Å². The Morgan fingerprint density at radius 3 is 1.95 bits per heavy atom. The first-order valence-corrected chi connectivity index (χ1v) is 12.5. The molecule has 2 heterocycles. The first-order valence-electron chi connectivity index (χ1n) is 12.5. The van der Waals surface area contributed by atoms with E-state index in [2.05, 4.69) is 15.1 Å². The number of carbonyl (C=O) groups is 2. The molecular weight excluding hydrogens is 462 g/mol. The minimum atomic E-state index is -0.148. The normalized spacial score (nSPS) is 13.3. The average molecular weight is 492 g/mol. The second kappa shape index (κ2) is 11.5. The van der Waals surface area contributed by atoms with E-state index in [9.17, 15) is 9.59 Å². The van der Waals surface area contributed by atoms with Crippen molar-refractivity contribution in [3.63, 3.8) is 0 Å². The number of aromatic nitrogens is 2. The number of hydrogen-bond donors (Lipinski definition) is 0. The van der Waals surface area contributed by atoms with E-state index in [1.807, 2.05) is 95.9 Å². The molecule has 1 saturated heterocycles. The van der Waals surface area contributed by atoms with Gasteiger partial charge in [-0.25, -0.2) is 0 Å². The Morgan fingerprint density at radius 1 is 0.703 bits per heavy atom. The summed E-state index contributed by atoms with van der Waals surface area (Å²) < 4.78 is 0. The topological polar surface area (TPSA) is 69.6 Å². The number of rotatable bonds is 7. The smallest absolute Gasteiger partial charge is 0.254 e. The Hall–Kier alpha value is -4.52. The maximum atomic E-state index is 13.3. The SMILES string of the molecule is O=C(CN(Cc1ccccc1)C(=O)c1ccccc1)N1CCN(c2ccc(-c3ccccc3)nn2)CC1. The third-order valence-corrected chi connectivity index (χ3v) is 6.53. The third-order valence-electron chi connectivity index (χ3n) is 6.53. The summed E-state index contributed by atoms with van der Waals surface area (Å²) in [6.07, 6.45) is 0. The van der Waals surface area contributed by atoms with Gasteiger partial charge >= 0.3 is 0 Å². The van der Waals surface area contributed by atoms with E-state index >= 15 is 0 Å². The first kappa shape index (κ1) is 24.2. The Balaban J connectivity index is 1.21. The summed E-state index contributed by atoms with van der Waals surface area (Å²) in [6, 6.07) is 32.8. The van der Waals surface area contributed by atoms with Gasteiger partial charge in [-0.2, -0.15) is 0 Å². The van der Waals surface area contributed by atoms with Gasteiger partial charge in [0.2, 0.25) is 5.91 Å². The molecule has 186 valence electrons. The quantitative estimate of drug-likeness (QED) is 0.389. The van der Waals surface area contributed by atoms with Crippen molar-refractivity contribution in [2.75, 3.05) is 37.6 Å². The molecule has 0 atom stereocenters. The molecule has 0 unspecified atom stereocenters. The van der Waals surface area contributed by atoms with Gasteiger partial charge in [-0.15, -0.1) is 10.2 Å². The summed E-state index contributed by atoms with van der Waals surface area (Å²) in [5.74, 6) is 0.604. The molecule has 0 aliphatic carbocycles. The standard InChI is InChI=1S/C30H29N5O2/c36-29(23-35(22-24-10-4-1-5-11-24)30(37)26-14-8-3-9-15-26)34-20-18-33(19-21-34)28-17-16-27(31-32-28)25-12-6-2-7-13-25/h1-17H,18-23H2. The van der Waals surface area contributed by atoms with Crippen LogP contribution in [0.2, 0.25) is 0 Å². The van der Waals surface area contributed by atoms with Crippen molar-refractivity contribution in [1.82, 2.24) is 20.0 Å². The lowest BCUT2D eigenvalue weighted by Gasteiger charge is -2.36. The Labute approximate surface area is 217 Å². The lowest BCUT2D eigenvalue weighted by Crippen LogP contribution is -2.52. The zero-order valence-corrected chi connectivity index (χ0v) is 20.6. The average Bonchev–Trinajstić information content (AvgIpc) is 2.98. The van der Waals surface area contributed by atoms with E-state index in [0.717, 1.165) is 22.6 Å². The highest BCUT2D eigenvalue weighted by Gasteiger charge is 2.26. The number of amides is 2. The molecule has 1 fully saturated rings. The molecule has 7 heteroatoms. The summed E-state index contributed by atoms with van der Waals surface area (Å²) in [5.41, 5.74) is 3.43. The summed E-state index contributed by atoms with van der Waals surface area (Å²) >= 11 is 0. The highest BCUT2D eigenvalue weighted by molar-refractivity contribution is 5.96. The van der Waals surface area contributed by atoms with Crippen molar-refractivity contribution in [2.45, 2.75) is 6.54 Å². The lowest BCUT2D eigenvalue weighted by molar-refractivity contribution is -0.132. The van der Waals surface area contributed by atoms with Crippen LogP contribution in [0.5, 0.6) is 0 Å². The van der Waals surface area contributed by atoms with Crippen LogP contribution in [0.3, 0.4) is 0 Å². The number of benzene rings is 3. The van der Waals surface area contributed by atoms with Crippen LogP contribution < -0.4 is 4.90 Å². The van der Waals surface area contributed by atoms with Gasteiger partial charge in [0.15, 0.2) is 5.82 Å². The highest BCUT2D eigenvalue weighted by atomic mass is 16.2. The maximum Gasteiger partial charge on any atom is 0.254 e. The molecule has 1 aliphatic heterocycles. The van der Waals surface area contributed by atoms with Gasteiger partial charge < -0.3 is 14.7 Å². The van der Waals surface area contributed by atoms with Crippen LogP contribution in [0.25, 0.3) is 11.3 Å². The minimum absolute atomic E-state index is 0.0359. The van der Waals surface area contributed by atoms with Crippen LogP contribution in [0.4, 0.5) is 5.82 Å². The van der Waals surface area contributed by atoms with Crippen LogP contribution in [0, 0.1) is 0 Å². The number of hydrogen-bond acceptors (Lipinski definition) is 5. The van der Waals surface area contributed by atoms with Crippen molar-refractivity contribution in [2.24, 2.45) is 0 Å². The van der Waals surface area contributed by atoms with E-state index in [0.29, 0.717) is 38.3 Å². The van der Waals surface area contributed by atoms with E-state index in [1.54, 1.807) is 17.0 Å². The number of carbonyl (C=O) groups excluding carboxylic acids is 2. The van der Waals surface area contributed by atoms with Crippen LogP contribution in [0.15, 0.2) is 103 Å². The maximum absolute atomic E-state index is 13.3. The molecule has 1 aliphatic rings. The van der Waals surface area contributed by atoms with Crippen molar-refractivity contribution in [3.8, 4) is 11.3 Å². The van der Waals surface area contributed by atoms with Crippen molar-refractivity contribution in [1.29, 1.82) is 0 Å². The monoisotopic (exact) mass is 491 g/mol. The number of anilines is 1. The predicted octanol–water partition coefficient (Wildman–Crippen LogP) is 4.13. The second-order valence-corrected chi connectivity index (χ2v) is 9.02. The van der Waals surface area contributed by atoms with E-state index < -0.39 is 0 Å². The van der Waals surface area contributed by atoms with Gasteiger partial charge in [-0.3, -0.25) is 9.59 Å². The van der Waals surface area contributed by atoms with Gasteiger partial charge in [0, 0.05) is 43.9 Å². The molecule has 0 radical (unpaired) electrons. The minimum Gasteiger partial charge on any atom is -0.352 e. The third kappa shape index (κ3) is 6.01. The van der Waals surface area contributed by atoms with Crippen LogP contribution in [-0.2, 0) is 11.3 Å². The molecule has 0 bridgehead atoms. The van der Waals surface area contributed by atoms with E-state index in [4.69, 9.17) is 0 Å². The molecule has 37 heavy (non-hydrogen) atoms. The fraction of sp³-hybridized carbons (Fsp3) is 0.200. The van der Waals surface area contributed by atoms with Crippen LogP contribution in [-0.4, -0.2) is 64.5 Å². The molecular formula is C30H29N5O2.